The second-order valence-electron chi connectivity index (χ2n) is 4.68. The number of benzene rings is 1. The third-order valence-corrected chi connectivity index (χ3v) is 4.08. The van der Waals surface area contributed by atoms with Crippen LogP contribution in [0.3, 0.4) is 0 Å². The van der Waals surface area contributed by atoms with Gasteiger partial charge in [-0.1, -0.05) is 35.0 Å². The largest absolute Gasteiger partial charge is 0.416 e. The lowest BCUT2D eigenvalue weighted by Gasteiger charge is -2.05. The highest BCUT2D eigenvalue weighted by molar-refractivity contribution is 7.99. The van der Waals surface area contributed by atoms with Crippen LogP contribution in [0.1, 0.15) is 24.7 Å². The van der Waals surface area contributed by atoms with Crippen molar-refractivity contribution in [2.45, 2.75) is 24.0 Å². The molecule has 0 spiro atoms. The molecule has 0 bridgehead atoms. The predicted molar refractivity (Wildman–Crippen MR) is 82.1 cm³/mol. The second kappa shape index (κ2) is 6.25. The average Bonchev–Trinajstić information content (AvgIpc) is 3.14. The third kappa shape index (κ3) is 4.12. The molecule has 3 rings (SSSR count). The van der Waals surface area contributed by atoms with Crippen LogP contribution in [0.2, 0.25) is 10.0 Å². The summed E-state index contributed by atoms with van der Waals surface area (Å²) in [4.78, 5) is 11.9. The van der Waals surface area contributed by atoms with Crippen LogP contribution in [0.5, 0.6) is 0 Å². The molecule has 21 heavy (non-hydrogen) atoms. The van der Waals surface area contributed by atoms with Crippen molar-refractivity contribution in [3.05, 3.63) is 34.1 Å². The highest BCUT2D eigenvalue weighted by Crippen LogP contribution is 2.39. The quantitative estimate of drug-likeness (QED) is 0.831. The van der Waals surface area contributed by atoms with E-state index in [9.17, 15) is 4.79 Å². The average molecular weight is 344 g/mol. The van der Waals surface area contributed by atoms with E-state index in [-0.39, 0.29) is 11.7 Å². The van der Waals surface area contributed by atoms with Crippen molar-refractivity contribution in [1.29, 1.82) is 0 Å². The van der Waals surface area contributed by atoms with Crippen molar-refractivity contribution in [2.75, 3.05) is 11.1 Å². The van der Waals surface area contributed by atoms with Crippen LogP contribution in [0.15, 0.2) is 27.8 Å². The van der Waals surface area contributed by atoms with Gasteiger partial charge in [0.25, 0.3) is 5.22 Å². The van der Waals surface area contributed by atoms with Gasteiger partial charge in [0.05, 0.1) is 5.75 Å². The summed E-state index contributed by atoms with van der Waals surface area (Å²) >= 11 is 12.9. The van der Waals surface area contributed by atoms with E-state index in [4.69, 9.17) is 27.6 Å². The number of anilines is 1. The van der Waals surface area contributed by atoms with Gasteiger partial charge in [-0.15, -0.1) is 10.2 Å². The summed E-state index contributed by atoms with van der Waals surface area (Å²) in [5, 5.41) is 11.9. The van der Waals surface area contributed by atoms with Crippen LogP contribution < -0.4 is 5.32 Å². The first-order valence-electron chi connectivity index (χ1n) is 6.32. The zero-order chi connectivity index (χ0) is 14.8. The molecule has 110 valence electrons. The Bertz CT molecular complexity index is 653. The van der Waals surface area contributed by atoms with Gasteiger partial charge in [-0.3, -0.25) is 4.79 Å². The molecule has 0 unspecified atom stereocenters. The molecule has 0 radical (unpaired) electrons. The highest BCUT2D eigenvalue weighted by atomic mass is 35.5. The normalized spacial score (nSPS) is 14.2. The molecule has 1 aromatic carbocycles. The van der Waals surface area contributed by atoms with E-state index in [1.54, 1.807) is 18.2 Å². The van der Waals surface area contributed by atoms with Crippen molar-refractivity contribution < 1.29 is 9.21 Å². The van der Waals surface area contributed by atoms with Crippen molar-refractivity contribution >= 4 is 46.6 Å². The van der Waals surface area contributed by atoms with E-state index >= 15 is 0 Å². The van der Waals surface area contributed by atoms with E-state index < -0.39 is 0 Å². The molecule has 1 amide bonds. The Hall–Kier alpha value is -1.24. The molecule has 5 nitrogen and oxygen atoms in total. The first kappa shape index (κ1) is 14.7. The maximum atomic E-state index is 11.9. The SMILES string of the molecule is O=C(CSc1nnc(C2CC2)o1)Nc1cc(Cl)cc(Cl)c1. The Balaban J connectivity index is 1.53. The predicted octanol–water partition coefficient (Wildman–Crippen LogP) is 3.98. The van der Waals surface area contributed by atoms with Crippen molar-refractivity contribution in [3.63, 3.8) is 0 Å². The molecule has 2 aromatic rings. The highest BCUT2D eigenvalue weighted by Gasteiger charge is 2.29. The van der Waals surface area contributed by atoms with Gasteiger partial charge in [0.1, 0.15) is 0 Å². The Morgan fingerprint density at radius 3 is 2.67 bits per heavy atom. The van der Waals surface area contributed by atoms with Crippen LogP contribution in [-0.4, -0.2) is 21.9 Å². The standard InChI is InChI=1S/C13H11Cl2N3O2S/c14-8-3-9(15)5-10(4-8)16-11(19)6-21-13-18-17-12(20-13)7-1-2-7/h3-5,7H,1-2,6H2,(H,16,19). The molecule has 0 atom stereocenters. The first-order valence-corrected chi connectivity index (χ1v) is 8.06. The van der Waals surface area contributed by atoms with E-state index in [0.29, 0.717) is 32.8 Å². The molecule has 0 saturated heterocycles. The lowest BCUT2D eigenvalue weighted by atomic mass is 10.3. The summed E-state index contributed by atoms with van der Waals surface area (Å²) in [7, 11) is 0. The second-order valence-corrected chi connectivity index (χ2v) is 6.47. The molecule has 1 aliphatic rings. The fraction of sp³-hybridized carbons (Fsp3) is 0.308. The van der Waals surface area contributed by atoms with E-state index in [0.717, 1.165) is 12.8 Å². The number of hydrogen-bond acceptors (Lipinski definition) is 5. The molecule has 1 aliphatic carbocycles. The molecule has 1 saturated carbocycles. The molecular weight excluding hydrogens is 333 g/mol. The monoisotopic (exact) mass is 343 g/mol. The smallest absolute Gasteiger partial charge is 0.277 e. The number of rotatable bonds is 5. The summed E-state index contributed by atoms with van der Waals surface area (Å²) in [5.74, 6) is 1.06. The summed E-state index contributed by atoms with van der Waals surface area (Å²) in [6.07, 6.45) is 2.20. The summed E-state index contributed by atoms with van der Waals surface area (Å²) in [5.41, 5.74) is 0.558. The van der Waals surface area contributed by atoms with E-state index in [1.165, 1.54) is 11.8 Å². The minimum absolute atomic E-state index is 0.177. The molecule has 1 heterocycles. The fourth-order valence-corrected chi connectivity index (χ4v) is 2.82. The van der Waals surface area contributed by atoms with Gasteiger partial charge in [0.2, 0.25) is 11.8 Å². The fourth-order valence-electron chi connectivity index (χ4n) is 1.72. The maximum absolute atomic E-state index is 11.9. The van der Waals surface area contributed by atoms with Gasteiger partial charge in [0.15, 0.2) is 0 Å². The van der Waals surface area contributed by atoms with Crippen molar-refractivity contribution in [3.8, 4) is 0 Å². The van der Waals surface area contributed by atoms with Gasteiger partial charge < -0.3 is 9.73 Å². The Morgan fingerprint density at radius 1 is 1.29 bits per heavy atom. The lowest BCUT2D eigenvalue weighted by molar-refractivity contribution is -0.113. The van der Waals surface area contributed by atoms with Gasteiger partial charge in [0, 0.05) is 21.7 Å². The minimum atomic E-state index is -0.190. The zero-order valence-corrected chi connectivity index (χ0v) is 13.1. The molecule has 1 N–H and O–H groups in total. The number of carbonyl (C=O) groups excluding carboxylic acids is 1. The van der Waals surface area contributed by atoms with Crippen LogP contribution >= 0.6 is 35.0 Å². The summed E-state index contributed by atoms with van der Waals surface area (Å²) in [6.45, 7) is 0. The van der Waals surface area contributed by atoms with Crippen LogP contribution in [0, 0.1) is 0 Å². The van der Waals surface area contributed by atoms with Crippen LogP contribution in [0.4, 0.5) is 5.69 Å². The first-order chi connectivity index (χ1) is 10.1. The number of nitrogens with one attached hydrogen (secondary N) is 1. The number of aromatic nitrogens is 2. The van der Waals surface area contributed by atoms with Crippen LogP contribution in [-0.2, 0) is 4.79 Å². The molecule has 1 fully saturated rings. The number of hydrogen-bond donors (Lipinski definition) is 1. The molecule has 8 heteroatoms. The number of amides is 1. The van der Waals surface area contributed by atoms with Crippen LogP contribution in [0.25, 0.3) is 0 Å². The summed E-state index contributed by atoms with van der Waals surface area (Å²) in [6, 6.07) is 4.87. The Morgan fingerprint density at radius 2 is 2.00 bits per heavy atom. The van der Waals surface area contributed by atoms with Crippen molar-refractivity contribution in [2.24, 2.45) is 0 Å². The maximum Gasteiger partial charge on any atom is 0.277 e. The minimum Gasteiger partial charge on any atom is -0.416 e. The number of thioether (sulfide) groups is 1. The third-order valence-electron chi connectivity index (χ3n) is 2.82. The van der Waals surface area contributed by atoms with E-state index in [1.807, 2.05) is 0 Å². The number of carbonyl (C=O) groups is 1. The Labute approximate surface area is 135 Å². The molecule has 1 aromatic heterocycles. The topological polar surface area (TPSA) is 68.0 Å². The lowest BCUT2D eigenvalue weighted by Crippen LogP contribution is -2.13. The van der Waals surface area contributed by atoms with Gasteiger partial charge in [-0.05, 0) is 31.0 Å². The number of nitrogens with zero attached hydrogens (tertiary/aromatic N) is 2. The Kier molecular flexibility index (Phi) is 4.37. The molecular formula is C13H11Cl2N3O2S. The van der Waals surface area contributed by atoms with Gasteiger partial charge in [-0.25, -0.2) is 0 Å². The molecule has 0 aliphatic heterocycles. The summed E-state index contributed by atoms with van der Waals surface area (Å²) < 4.78 is 5.46. The van der Waals surface area contributed by atoms with E-state index in [2.05, 4.69) is 15.5 Å². The van der Waals surface area contributed by atoms with Gasteiger partial charge in [-0.2, -0.15) is 0 Å². The zero-order valence-electron chi connectivity index (χ0n) is 10.8. The number of halogens is 2. The van der Waals surface area contributed by atoms with Crippen molar-refractivity contribution in [1.82, 2.24) is 10.2 Å². The van der Waals surface area contributed by atoms with Gasteiger partial charge >= 0.3 is 0 Å².